The summed E-state index contributed by atoms with van der Waals surface area (Å²) in [5.41, 5.74) is -0.500. The Morgan fingerprint density at radius 1 is 1.67 bits per heavy atom. The predicted octanol–water partition coefficient (Wildman–Crippen LogP) is 0.971. The van der Waals surface area contributed by atoms with Crippen LogP contribution >= 0.6 is 0 Å². The van der Waals surface area contributed by atoms with Gasteiger partial charge >= 0.3 is 6.09 Å². The van der Waals surface area contributed by atoms with Crippen molar-refractivity contribution in [2.24, 2.45) is 5.16 Å². The number of nitrogens with zero attached hydrogens (tertiary/aromatic N) is 1. The summed E-state index contributed by atoms with van der Waals surface area (Å²) in [7, 11) is 0. The van der Waals surface area contributed by atoms with Crippen molar-refractivity contribution in [3.63, 3.8) is 0 Å². The van der Waals surface area contributed by atoms with Crippen molar-refractivity contribution in [3.8, 4) is 0 Å². The van der Waals surface area contributed by atoms with E-state index in [1.165, 1.54) is 0 Å². The summed E-state index contributed by atoms with van der Waals surface area (Å²) in [5.74, 6) is 0. The first-order chi connectivity index (χ1) is 5.45. The average Bonchev–Trinajstić information content (AvgIpc) is 1.84. The summed E-state index contributed by atoms with van der Waals surface area (Å²) in [6.07, 6.45) is 0.631. The fraction of sp³-hybridized carbons (Fsp3) is 0.714. The smallest absolute Gasteiger partial charge is 0.407 e. The van der Waals surface area contributed by atoms with Gasteiger partial charge in [-0.3, -0.25) is 0 Å². The van der Waals surface area contributed by atoms with Crippen molar-refractivity contribution in [2.45, 2.75) is 26.4 Å². The third-order valence-electron chi connectivity index (χ3n) is 0.818. The molecule has 0 saturated heterocycles. The molecule has 0 bridgehead atoms. The van der Waals surface area contributed by atoms with Gasteiger partial charge in [-0.05, 0) is 20.8 Å². The van der Waals surface area contributed by atoms with Crippen molar-refractivity contribution in [1.29, 1.82) is 0 Å². The topological polar surface area (TPSA) is 70.9 Å². The molecule has 0 aromatic rings. The van der Waals surface area contributed by atoms with Crippen LogP contribution < -0.4 is 5.32 Å². The minimum Gasteiger partial charge on any atom is -0.444 e. The summed E-state index contributed by atoms with van der Waals surface area (Å²) in [5, 5.41) is 13.1. The molecule has 12 heavy (non-hydrogen) atoms. The number of hydrogen-bond donors (Lipinski definition) is 2. The van der Waals surface area contributed by atoms with Crippen LogP contribution in [0.1, 0.15) is 20.8 Å². The summed E-state index contributed by atoms with van der Waals surface area (Å²) < 4.78 is 4.89. The van der Waals surface area contributed by atoms with Gasteiger partial charge in [0.15, 0.2) is 0 Å². The van der Waals surface area contributed by atoms with Gasteiger partial charge in [0.25, 0.3) is 0 Å². The lowest BCUT2D eigenvalue weighted by Crippen LogP contribution is -2.33. The van der Waals surface area contributed by atoms with E-state index < -0.39 is 11.7 Å². The highest BCUT2D eigenvalue weighted by molar-refractivity contribution is 5.72. The number of oxime groups is 1. The monoisotopic (exact) mass is 174 g/mol. The lowest BCUT2D eigenvalue weighted by Gasteiger charge is -2.19. The van der Waals surface area contributed by atoms with Crippen LogP contribution in [0, 0.1) is 0 Å². The Bertz CT molecular complexity index is 172. The number of hydrogen-bond acceptors (Lipinski definition) is 4. The van der Waals surface area contributed by atoms with Gasteiger partial charge in [0.05, 0.1) is 12.8 Å². The summed E-state index contributed by atoms with van der Waals surface area (Å²) in [6.45, 7) is 5.47. The Hall–Kier alpha value is -1.26. The van der Waals surface area contributed by atoms with Crippen LogP contribution in [0.4, 0.5) is 4.79 Å². The van der Waals surface area contributed by atoms with Crippen molar-refractivity contribution >= 4 is 12.3 Å². The van der Waals surface area contributed by atoms with E-state index in [4.69, 9.17) is 9.94 Å². The third-order valence-corrected chi connectivity index (χ3v) is 0.818. The standard InChI is InChI=1S/C7H14N2O3/c1-7(2,3)12-6(10)8-4-5-9-11/h5,11H,4H2,1-3H3,(H,8,10). The van der Waals surface area contributed by atoms with Crippen LogP contribution in [0.5, 0.6) is 0 Å². The van der Waals surface area contributed by atoms with Crippen molar-refractivity contribution < 1.29 is 14.7 Å². The zero-order valence-corrected chi connectivity index (χ0v) is 7.50. The second kappa shape index (κ2) is 4.58. The first kappa shape index (κ1) is 10.7. The summed E-state index contributed by atoms with van der Waals surface area (Å²) >= 11 is 0. The molecule has 0 aromatic heterocycles. The van der Waals surface area contributed by atoms with E-state index in [9.17, 15) is 4.79 Å². The van der Waals surface area contributed by atoms with E-state index in [2.05, 4.69) is 10.5 Å². The molecule has 0 aromatic carbocycles. The Morgan fingerprint density at radius 3 is 2.67 bits per heavy atom. The van der Waals surface area contributed by atoms with Gasteiger partial charge in [-0.15, -0.1) is 5.16 Å². The fourth-order valence-corrected chi connectivity index (χ4v) is 0.484. The van der Waals surface area contributed by atoms with Crippen LogP contribution in [0.25, 0.3) is 0 Å². The fourth-order valence-electron chi connectivity index (χ4n) is 0.484. The molecule has 0 atom stereocenters. The normalized spacial score (nSPS) is 11.6. The molecule has 0 aliphatic carbocycles. The Kier molecular flexibility index (Phi) is 4.10. The zero-order chi connectivity index (χ0) is 9.61. The Balaban J connectivity index is 3.61. The Labute approximate surface area is 71.4 Å². The summed E-state index contributed by atoms with van der Waals surface area (Å²) in [6, 6.07) is 0. The highest BCUT2D eigenvalue weighted by Crippen LogP contribution is 2.05. The molecule has 5 nitrogen and oxygen atoms in total. The number of amides is 1. The SMILES string of the molecule is CC(C)(C)OC(=O)NCC=NO. The molecule has 0 aliphatic rings. The van der Waals surface area contributed by atoms with Crippen molar-refractivity contribution in [2.75, 3.05) is 6.54 Å². The number of nitrogens with one attached hydrogen (secondary N) is 1. The number of carbonyl (C=O) groups is 1. The molecule has 0 spiro atoms. The van der Waals surface area contributed by atoms with Crippen LogP contribution in [-0.4, -0.2) is 29.7 Å². The van der Waals surface area contributed by atoms with Gasteiger partial charge < -0.3 is 15.3 Å². The van der Waals surface area contributed by atoms with Crippen LogP contribution in [0.3, 0.4) is 0 Å². The van der Waals surface area contributed by atoms with Gasteiger partial charge in [0.2, 0.25) is 0 Å². The highest BCUT2D eigenvalue weighted by Gasteiger charge is 2.14. The lowest BCUT2D eigenvalue weighted by molar-refractivity contribution is 0.0536. The second-order valence-corrected chi connectivity index (χ2v) is 3.18. The molecule has 70 valence electrons. The van der Waals surface area contributed by atoms with Crippen LogP contribution in [0.15, 0.2) is 5.16 Å². The zero-order valence-electron chi connectivity index (χ0n) is 7.50. The van der Waals surface area contributed by atoms with E-state index in [-0.39, 0.29) is 6.54 Å². The largest absolute Gasteiger partial charge is 0.444 e. The molecule has 1 amide bonds. The molecule has 0 aliphatic heterocycles. The minimum atomic E-state index is -0.526. The van der Waals surface area contributed by atoms with Gasteiger partial charge in [-0.2, -0.15) is 0 Å². The second-order valence-electron chi connectivity index (χ2n) is 3.18. The Morgan fingerprint density at radius 2 is 2.25 bits per heavy atom. The molecule has 0 radical (unpaired) electrons. The van der Waals surface area contributed by atoms with E-state index >= 15 is 0 Å². The molecule has 0 unspecified atom stereocenters. The maximum absolute atomic E-state index is 10.9. The van der Waals surface area contributed by atoms with E-state index in [1.807, 2.05) is 0 Å². The maximum Gasteiger partial charge on any atom is 0.407 e. The molecule has 5 heteroatoms. The number of carbonyl (C=O) groups excluding carboxylic acids is 1. The molecule has 2 N–H and O–H groups in total. The van der Waals surface area contributed by atoms with Gasteiger partial charge in [0.1, 0.15) is 5.60 Å². The van der Waals surface area contributed by atoms with Gasteiger partial charge in [0, 0.05) is 0 Å². The number of alkyl carbamates (subject to hydrolysis) is 1. The lowest BCUT2D eigenvalue weighted by atomic mass is 10.2. The third kappa shape index (κ3) is 6.85. The van der Waals surface area contributed by atoms with E-state index in [0.29, 0.717) is 0 Å². The van der Waals surface area contributed by atoms with Crippen LogP contribution in [0.2, 0.25) is 0 Å². The van der Waals surface area contributed by atoms with E-state index in [1.54, 1.807) is 20.8 Å². The molecule has 0 heterocycles. The average molecular weight is 174 g/mol. The number of ether oxygens (including phenoxy) is 1. The van der Waals surface area contributed by atoms with E-state index in [0.717, 1.165) is 6.21 Å². The quantitative estimate of drug-likeness (QED) is 0.372. The molecule has 0 fully saturated rings. The predicted molar refractivity (Wildman–Crippen MR) is 44.5 cm³/mol. The first-order valence-corrected chi connectivity index (χ1v) is 3.58. The summed E-state index contributed by atoms with van der Waals surface area (Å²) in [4.78, 5) is 10.9. The maximum atomic E-state index is 10.9. The number of rotatable bonds is 2. The molecule has 0 rings (SSSR count). The van der Waals surface area contributed by atoms with Crippen molar-refractivity contribution in [3.05, 3.63) is 0 Å². The van der Waals surface area contributed by atoms with Crippen LogP contribution in [-0.2, 0) is 4.74 Å². The first-order valence-electron chi connectivity index (χ1n) is 3.58. The van der Waals surface area contributed by atoms with Crippen molar-refractivity contribution in [1.82, 2.24) is 5.32 Å². The van der Waals surface area contributed by atoms with Gasteiger partial charge in [-0.1, -0.05) is 0 Å². The minimum absolute atomic E-state index is 0.158. The highest BCUT2D eigenvalue weighted by atomic mass is 16.6. The molecule has 0 saturated carbocycles. The molecular weight excluding hydrogens is 160 g/mol. The van der Waals surface area contributed by atoms with Gasteiger partial charge in [-0.25, -0.2) is 4.79 Å². The molecular formula is C7H14N2O3.